The van der Waals surface area contributed by atoms with Crippen LogP contribution in [0.25, 0.3) is 10.9 Å². The summed E-state index contributed by atoms with van der Waals surface area (Å²) < 4.78 is 26.8. The summed E-state index contributed by atoms with van der Waals surface area (Å²) in [6.07, 6.45) is 0.796. The lowest BCUT2D eigenvalue weighted by atomic mass is 10.0. The molecule has 0 bridgehead atoms. The molecule has 0 aliphatic rings. The number of fused-ring (bicyclic) bond motifs is 1. The molecule has 4 heteroatoms. The van der Waals surface area contributed by atoms with Crippen LogP contribution in [-0.2, 0) is 6.42 Å². The average Bonchev–Trinajstić information content (AvgIpc) is 2.33. The molecule has 90 valence electrons. The molecule has 2 rings (SSSR count). The summed E-state index contributed by atoms with van der Waals surface area (Å²) in [5.41, 5.74) is 2.68. The van der Waals surface area contributed by atoms with Crippen LogP contribution >= 0.6 is 0 Å². The number of anilines is 1. The largest absolute Gasteiger partial charge is 0.387 e. The number of hydrogen-bond donors (Lipinski definition) is 1. The Morgan fingerprint density at radius 2 is 2.00 bits per heavy atom. The van der Waals surface area contributed by atoms with E-state index < -0.39 is 11.6 Å². The van der Waals surface area contributed by atoms with E-state index in [9.17, 15) is 8.78 Å². The summed E-state index contributed by atoms with van der Waals surface area (Å²) >= 11 is 0. The van der Waals surface area contributed by atoms with Crippen molar-refractivity contribution >= 4 is 16.6 Å². The van der Waals surface area contributed by atoms with E-state index in [2.05, 4.69) is 10.3 Å². The highest BCUT2D eigenvalue weighted by molar-refractivity contribution is 5.93. The van der Waals surface area contributed by atoms with Crippen LogP contribution in [0.3, 0.4) is 0 Å². The Balaban J connectivity index is 2.92. The predicted molar refractivity (Wildman–Crippen MR) is 65.3 cm³/mol. The molecule has 0 atom stereocenters. The van der Waals surface area contributed by atoms with Crippen LogP contribution in [0.4, 0.5) is 14.5 Å². The summed E-state index contributed by atoms with van der Waals surface area (Å²) in [6.45, 7) is 3.82. The van der Waals surface area contributed by atoms with Gasteiger partial charge in [0.05, 0.1) is 0 Å². The van der Waals surface area contributed by atoms with Crippen molar-refractivity contribution in [3.05, 3.63) is 35.0 Å². The van der Waals surface area contributed by atoms with Gasteiger partial charge in [-0.15, -0.1) is 0 Å². The minimum absolute atomic E-state index is 0.0871. The monoisotopic (exact) mass is 236 g/mol. The van der Waals surface area contributed by atoms with E-state index in [0.29, 0.717) is 5.39 Å². The smallest absolute Gasteiger partial charge is 0.185 e. The third kappa shape index (κ3) is 1.73. The van der Waals surface area contributed by atoms with Gasteiger partial charge in [0.25, 0.3) is 0 Å². The summed E-state index contributed by atoms with van der Waals surface area (Å²) in [5, 5.41) is 3.67. The summed E-state index contributed by atoms with van der Waals surface area (Å²) in [5.74, 6) is -1.75. The number of rotatable bonds is 2. The Labute approximate surface area is 98.7 Å². The van der Waals surface area contributed by atoms with Crippen molar-refractivity contribution < 1.29 is 8.78 Å². The van der Waals surface area contributed by atoms with Crippen LogP contribution < -0.4 is 5.32 Å². The predicted octanol–water partition coefficient (Wildman–Crippen LogP) is 3.43. The number of pyridine rings is 1. The van der Waals surface area contributed by atoms with Crippen molar-refractivity contribution in [1.29, 1.82) is 0 Å². The summed E-state index contributed by atoms with van der Waals surface area (Å²) in [7, 11) is 1.77. The Morgan fingerprint density at radius 1 is 1.29 bits per heavy atom. The van der Waals surface area contributed by atoms with Gasteiger partial charge in [0.2, 0.25) is 0 Å². The van der Waals surface area contributed by atoms with Gasteiger partial charge >= 0.3 is 0 Å². The topological polar surface area (TPSA) is 24.9 Å². The minimum atomic E-state index is -0.884. The molecule has 0 aliphatic carbocycles. The zero-order chi connectivity index (χ0) is 12.6. The van der Waals surface area contributed by atoms with Gasteiger partial charge < -0.3 is 5.32 Å². The molecule has 0 saturated heterocycles. The lowest BCUT2D eigenvalue weighted by molar-refractivity contribution is 0.515. The van der Waals surface area contributed by atoms with Crippen molar-refractivity contribution in [3.63, 3.8) is 0 Å². The number of nitrogens with zero attached hydrogens (tertiary/aromatic N) is 1. The number of aromatic nitrogens is 1. The van der Waals surface area contributed by atoms with E-state index in [-0.39, 0.29) is 5.52 Å². The fourth-order valence-electron chi connectivity index (χ4n) is 2.15. The van der Waals surface area contributed by atoms with Gasteiger partial charge in [0, 0.05) is 23.8 Å². The second-order valence-corrected chi connectivity index (χ2v) is 3.91. The molecule has 0 fully saturated rings. The molecule has 0 radical (unpaired) electrons. The first kappa shape index (κ1) is 11.8. The molecule has 17 heavy (non-hydrogen) atoms. The molecule has 1 aromatic carbocycles. The number of aryl methyl sites for hydroxylation is 1. The standard InChI is InChI=1S/C13H14F2N2/c1-4-8-7(2)17-13-9(12(8)16-3)5-6-10(14)11(13)15/h5-6H,4H2,1-3H3,(H,16,17). The molecule has 0 spiro atoms. The molecule has 2 nitrogen and oxygen atoms in total. The quantitative estimate of drug-likeness (QED) is 0.864. The third-order valence-corrected chi connectivity index (χ3v) is 2.96. The molecule has 2 aromatic rings. The van der Waals surface area contributed by atoms with Crippen molar-refractivity contribution in [2.45, 2.75) is 20.3 Å². The second kappa shape index (κ2) is 4.28. The molecule has 0 amide bonds. The first-order valence-corrected chi connectivity index (χ1v) is 5.55. The van der Waals surface area contributed by atoms with Crippen LogP contribution in [0.1, 0.15) is 18.2 Å². The van der Waals surface area contributed by atoms with E-state index in [1.165, 1.54) is 0 Å². The van der Waals surface area contributed by atoms with Crippen molar-refractivity contribution in [1.82, 2.24) is 4.98 Å². The van der Waals surface area contributed by atoms with E-state index in [4.69, 9.17) is 0 Å². The zero-order valence-corrected chi connectivity index (χ0v) is 10.1. The van der Waals surface area contributed by atoms with E-state index in [1.807, 2.05) is 13.8 Å². The molecule has 1 aromatic heterocycles. The molecular weight excluding hydrogens is 222 g/mol. The minimum Gasteiger partial charge on any atom is -0.387 e. The first-order valence-electron chi connectivity index (χ1n) is 5.55. The summed E-state index contributed by atoms with van der Waals surface area (Å²) in [4.78, 5) is 4.16. The molecule has 1 heterocycles. The van der Waals surface area contributed by atoms with Gasteiger partial charge in [-0.3, -0.25) is 0 Å². The van der Waals surface area contributed by atoms with Crippen molar-refractivity contribution in [3.8, 4) is 0 Å². The van der Waals surface area contributed by atoms with Gasteiger partial charge in [-0.05, 0) is 31.0 Å². The first-order chi connectivity index (χ1) is 8.10. The van der Waals surface area contributed by atoms with E-state index >= 15 is 0 Å². The van der Waals surface area contributed by atoms with Crippen LogP contribution in [0.5, 0.6) is 0 Å². The number of nitrogens with one attached hydrogen (secondary N) is 1. The normalized spacial score (nSPS) is 10.9. The van der Waals surface area contributed by atoms with E-state index in [0.717, 1.165) is 29.4 Å². The molecule has 0 aliphatic heterocycles. The highest BCUT2D eigenvalue weighted by Crippen LogP contribution is 2.30. The van der Waals surface area contributed by atoms with Gasteiger partial charge in [-0.1, -0.05) is 6.92 Å². The van der Waals surface area contributed by atoms with E-state index in [1.54, 1.807) is 13.1 Å². The third-order valence-electron chi connectivity index (χ3n) is 2.96. The van der Waals surface area contributed by atoms with Crippen molar-refractivity contribution in [2.75, 3.05) is 12.4 Å². The summed E-state index contributed by atoms with van der Waals surface area (Å²) in [6, 6.07) is 2.69. The Bertz CT molecular complexity index is 579. The maximum Gasteiger partial charge on any atom is 0.185 e. The van der Waals surface area contributed by atoms with Crippen molar-refractivity contribution in [2.24, 2.45) is 0 Å². The number of benzene rings is 1. The molecule has 1 N–H and O–H groups in total. The fraction of sp³-hybridized carbons (Fsp3) is 0.308. The maximum absolute atomic E-state index is 13.7. The van der Waals surface area contributed by atoms with Gasteiger partial charge in [-0.2, -0.15) is 0 Å². The van der Waals surface area contributed by atoms with Gasteiger partial charge in [0.1, 0.15) is 5.52 Å². The van der Waals surface area contributed by atoms with Crippen LogP contribution in [0, 0.1) is 18.6 Å². The Kier molecular flexibility index (Phi) is 2.96. The molecular formula is C13H14F2N2. The highest BCUT2D eigenvalue weighted by atomic mass is 19.2. The fourth-order valence-corrected chi connectivity index (χ4v) is 2.15. The number of halogens is 2. The number of hydrogen-bond acceptors (Lipinski definition) is 2. The SMILES string of the molecule is CCc1c(C)nc2c(F)c(F)ccc2c1NC. The molecule has 0 unspecified atom stereocenters. The zero-order valence-electron chi connectivity index (χ0n) is 10.1. The Morgan fingerprint density at radius 3 is 2.59 bits per heavy atom. The lowest BCUT2D eigenvalue weighted by Crippen LogP contribution is -2.03. The van der Waals surface area contributed by atoms with Crippen LogP contribution in [0.15, 0.2) is 12.1 Å². The molecule has 0 saturated carbocycles. The second-order valence-electron chi connectivity index (χ2n) is 3.91. The Hall–Kier alpha value is -1.71. The highest BCUT2D eigenvalue weighted by Gasteiger charge is 2.15. The average molecular weight is 236 g/mol. The lowest BCUT2D eigenvalue weighted by Gasteiger charge is -2.14. The van der Waals surface area contributed by atoms with Gasteiger partial charge in [0.15, 0.2) is 11.6 Å². The maximum atomic E-state index is 13.7. The van der Waals surface area contributed by atoms with Crippen LogP contribution in [0.2, 0.25) is 0 Å². The van der Waals surface area contributed by atoms with Crippen LogP contribution in [-0.4, -0.2) is 12.0 Å². The van der Waals surface area contributed by atoms with Gasteiger partial charge in [-0.25, -0.2) is 13.8 Å².